The summed E-state index contributed by atoms with van der Waals surface area (Å²) in [6, 6.07) is 13.5. The number of carboxylic acid groups (broad SMARTS) is 1. The van der Waals surface area contributed by atoms with E-state index in [4.69, 9.17) is 61.9 Å². The number of carbonyl (C=O) groups excluding carboxylic acids is 1. The number of ether oxygens (including phenoxy) is 12. The van der Waals surface area contributed by atoms with Crippen LogP contribution in [0.3, 0.4) is 0 Å². The van der Waals surface area contributed by atoms with Gasteiger partial charge in [-0.3, -0.25) is 9.59 Å². The van der Waals surface area contributed by atoms with E-state index in [1.54, 1.807) is 7.11 Å². The zero-order chi connectivity index (χ0) is 58.9. The highest BCUT2D eigenvalue weighted by Gasteiger charge is 2.44. The third kappa shape index (κ3) is 27.5. The number of rotatable bonds is 51. The first kappa shape index (κ1) is 70.1. The molecule has 2 aliphatic heterocycles. The van der Waals surface area contributed by atoms with Crippen molar-refractivity contribution in [3.8, 4) is 0 Å². The monoisotopic (exact) mass is 1150 g/mol. The van der Waals surface area contributed by atoms with Crippen molar-refractivity contribution in [3.05, 3.63) is 94.7 Å². The first-order valence-electron chi connectivity index (χ1n) is 29.9. The van der Waals surface area contributed by atoms with Crippen molar-refractivity contribution in [1.82, 2.24) is 5.32 Å². The van der Waals surface area contributed by atoms with Gasteiger partial charge in [-0.15, -0.1) is 0 Å². The van der Waals surface area contributed by atoms with Crippen LogP contribution in [0.2, 0.25) is 0 Å². The Bertz CT molecular complexity index is 2210. The maximum Gasteiger partial charge on any atom is 0.303 e. The van der Waals surface area contributed by atoms with Crippen LogP contribution in [0.5, 0.6) is 0 Å². The van der Waals surface area contributed by atoms with Gasteiger partial charge in [-0.2, -0.15) is 4.58 Å². The van der Waals surface area contributed by atoms with Crippen LogP contribution in [-0.2, 0) is 77.3 Å². The molecular formula is C64H102N3O15+. The fourth-order valence-electron chi connectivity index (χ4n) is 9.67. The number of aliphatic carboxylic acids is 1. The first-order valence-corrected chi connectivity index (χ1v) is 29.9. The minimum Gasteiger partial charge on any atom is -0.481 e. The number of amides is 1. The van der Waals surface area contributed by atoms with E-state index in [-0.39, 0.29) is 23.2 Å². The number of methoxy groups -OCH3 is 1. The van der Waals surface area contributed by atoms with Gasteiger partial charge in [0, 0.05) is 74.0 Å². The molecule has 4 rings (SSSR count). The Balaban J connectivity index is 0.964. The number of unbranched alkanes of at least 4 members (excludes halogenated alkanes) is 4. The number of hydrogen-bond acceptors (Lipinski definition) is 15. The molecule has 0 saturated carbocycles. The van der Waals surface area contributed by atoms with Crippen LogP contribution in [0.15, 0.2) is 72.5 Å². The third-order valence-electron chi connectivity index (χ3n) is 14.1. The van der Waals surface area contributed by atoms with E-state index in [0.717, 1.165) is 45.2 Å². The molecule has 0 aromatic heterocycles. The summed E-state index contributed by atoms with van der Waals surface area (Å²) in [6.07, 6.45) is 16.9. The molecule has 2 aromatic rings. The van der Waals surface area contributed by atoms with Crippen LogP contribution in [0.25, 0.3) is 0 Å². The number of nitrogens with zero attached hydrogens (tertiary/aromatic N) is 2. The van der Waals surface area contributed by atoms with Gasteiger partial charge in [-0.1, -0.05) is 67.8 Å². The predicted octanol–water partition coefficient (Wildman–Crippen LogP) is 8.62. The Kier molecular flexibility index (Phi) is 36.2. The smallest absolute Gasteiger partial charge is 0.303 e. The summed E-state index contributed by atoms with van der Waals surface area (Å²) in [7, 11) is 1.64. The molecule has 0 radical (unpaired) electrons. The SMILES string of the molecule is COCCOCCOCCOCCOCCOCCOCCOCCOCCOCCOCCOCCNC(=O)CCCCCN1C(=CC=CC=CC2=[N+](CCCCCC(=O)O)c3ccc(C)cc3C2(C)C)C(C)(C)c2cc(C)ccc21. The van der Waals surface area contributed by atoms with Gasteiger partial charge in [-0.25, -0.2) is 0 Å². The van der Waals surface area contributed by atoms with Gasteiger partial charge in [-0.05, 0) is 77.2 Å². The summed E-state index contributed by atoms with van der Waals surface area (Å²) in [4.78, 5) is 26.2. The van der Waals surface area contributed by atoms with E-state index < -0.39 is 5.97 Å². The molecule has 1 amide bonds. The Morgan fingerprint density at radius 3 is 1.48 bits per heavy atom. The normalized spacial score (nSPS) is 15.0. The summed E-state index contributed by atoms with van der Waals surface area (Å²) < 4.78 is 68.0. The number of anilines is 1. The number of hydrogen-bond donors (Lipinski definition) is 2. The van der Waals surface area contributed by atoms with Crippen molar-refractivity contribution in [2.24, 2.45) is 0 Å². The van der Waals surface area contributed by atoms with E-state index in [2.05, 4.69) is 123 Å². The predicted molar refractivity (Wildman–Crippen MR) is 320 cm³/mol. The molecule has 0 bridgehead atoms. The maximum atomic E-state index is 12.7. The second-order valence-electron chi connectivity index (χ2n) is 21.4. The summed E-state index contributed by atoms with van der Waals surface area (Å²) in [6.45, 7) is 27.1. The fraction of sp³-hybridized carbons (Fsp3) is 0.672. The molecule has 82 heavy (non-hydrogen) atoms. The number of aryl methyl sites for hydroxylation is 2. The molecule has 0 fully saturated rings. The molecule has 2 aromatic carbocycles. The first-order chi connectivity index (χ1) is 39.9. The van der Waals surface area contributed by atoms with Gasteiger partial charge in [0.1, 0.15) is 6.54 Å². The number of carboxylic acids is 1. The highest BCUT2D eigenvalue weighted by Crippen LogP contribution is 2.48. The number of benzene rings is 2. The Labute approximate surface area is 490 Å². The molecule has 0 unspecified atom stereocenters. The molecule has 462 valence electrons. The van der Waals surface area contributed by atoms with Crippen LogP contribution >= 0.6 is 0 Å². The van der Waals surface area contributed by atoms with Crippen LogP contribution in [0.4, 0.5) is 11.4 Å². The van der Waals surface area contributed by atoms with Crippen LogP contribution in [0.1, 0.15) is 101 Å². The summed E-state index contributed by atoms with van der Waals surface area (Å²) in [5.74, 6) is -0.689. The largest absolute Gasteiger partial charge is 0.481 e. The van der Waals surface area contributed by atoms with Crippen molar-refractivity contribution in [2.75, 3.05) is 184 Å². The zero-order valence-corrected chi connectivity index (χ0v) is 50.9. The molecule has 0 atom stereocenters. The molecule has 2 N–H and O–H groups in total. The van der Waals surface area contributed by atoms with Gasteiger partial charge in [0.2, 0.25) is 11.6 Å². The number of nitrogens with one attached hydrogen (secondary N) is 1. The van der Waals surface area contributed by atoms with E-state index in [9.17, 15) is 9.59 Å². The number of allylic oxidation sites excluding steroid dienone is 6. The molecule has 18 nitrogen and oxygen atoms in total. The third-order valence-corrected chi connectivity index (χ3v) is 14.1. The van der Waals surface area contributed by atoms with E-state index in [1.807, 2.05) is 0 Å². The van der Waals surface area contributed by atoms with Gasteiger partial charge >= 0.3 is 5.97 Å². The maximum absolute atomic E-state index is 12.7. The van der Waals surface area contributed by atoms with Crippen molar-refractivity contribution in [3.63, 3.8) is 0 Å². The molecule has 2 heterocycles. The van der Waals surface area contributed by atoms with E-state index in [1.165, 1.54) is 45.0 Å². The van der Waals surface area contributed by atoms with Crippen molar-refractivity contribution >= 4 is 29.0 Å². The van der Waals surface area contributed by atoms with Crippen molar-refractivity contribution in [2.45, 2.75) is 104 Å². The van der Waals surface area contributed by atoms with Crippen molar-refractivity contribution < 1.29 is 76.1 Å². The highest BCUT2D eigenvalue weighted by atomic mass is 16.6. The second-order valence-corrected chi connectivity index (χ2v) is 21.4. The molecule has 2 aliphatic rings. The molecular weight excluding hydrogens is 1050 g/mol. The lowest BCUT2D eigenvalue weighted by molar-refractivity contribution is -0.438. The lowest BCUT2D eigenvalue weighted by atomic mass is 9.81. The van der Waals surface area contributed by atoms with Gasteiger partial charge in [0.05, 0.1) is 157 Å². The molecule has 0 spiro atoms. The average molecular weight is 1150 g/mol. The van der Waals surface area contributed by atoms with E-state index >= 15 is 0 Å². The summed E-state index contributed by atoms with van der Waals surface area (Å²) in [5.41, 5.74) is 9.83. The average Bonchev–Trinajstić information content (AvgIpc) is 4.02. The summed E-state index contributed by atoms with van der Waals surface area (Å²) in [5, 5.41) is 12.1. The van der Waals surface area contributed by atoms with Crippen LogP contribution in [0, 0.1) is 13.8 Å². The van der Waals surface area contributed by atoms with Crippen LogP contribution < -0.4 is 10.2 Å². The molecule has 0 aliphatic carbocycles. The zero-order valence-electron chi connectivity index (χ0n) is 50.9. The number of fused-ring (bicyclic) bond motifs is 2. The quantitative estimate of drug-likeness (QED) is 0.0364. The van der Waals surface area contributed by atoms with E-state index in [0.29, 0.717) is 171 Å². The lowest BCUT2D eigenvalue weighted by Crippen LogP contribution is -2.28. The standard InChI is InChI=1S/C64H101N3O15/c1-53-21-23-57-55(51-53)63(3,4)59(17-11-8-12-18-60-64(5,6)56-52-54(2)22-24-58(56)67(60)27-16-10-14-20-62(69)70)66(57)26-15-9-13-19-61(68)65-25-28-72-31-32-74-35-36-76-39-40-78-43-44-80-47-48-82-50-49-81-46-45-79-42-41-77-38-37-75-34-33-73-30-29-71-7/h8,11-12,17-18,21-24,51-52H,9-10,13-16,19-20,25-50H2,1-7H3,(H-,65,68,69,70)/p+1. The highest BCUT2D eigenvalue weighted by molar-refractivity contribution is 6.03. The van der Waals surface area contributed by atoms with Gasteiger partial charge < -0.3 is 72.2 Å². The fourth-order valence-corrected chi connectivity index (χ4v) is 9.67. The number of carbonyl (C=O) groups is 2. The lowest BCUT2D eigenvalue weighted by Gasteiger charge is -2.27. The second kappa shape index (κ2) is 42.4. The Morgan fingerprint density at radius 2 is 0.976 bits per heavy atom. The Morgan fingerprint density at radius 1 is 0.524 bits per heavy atom. The van der Waals surface area contributed by atoms with Crippen LogP contribution in [-0.4, -0.2) is 206 Å². The topological polar surface area (TPSA) is 183 Å². The molecule has 0 saturated heterocycles. The minimum absolute atomic E-state index is 0.0444. The van der Waals surface area contributed by atoms with Crippen molar-refractivity contribution in [1.29, 1.82) is 0 Å². The minimum atomic E-state index is -0.733. The Hall–Kier alpha value is -4.41. The molecule has 18 heteroatoms. The summed E-state index contributed by atoms with van der Waals surface area (Å²) >= 11 is 0. The van der Waals surface area contributed by atoms with Gasteiger partial charge in [0.15, 0.2) is 5.71 Å². The van der Waals surface area contributed by atoms with Gasteiger partial charge in [0.25, 0.3) is 0 Å².